The van der Waals surface area contributed by atoms with Gasteiger partial charge < -0.3 is 10.1 Å². The van der Waals surface area contributed by atoms with Crippen LogP contribution in [0.4, 0.5) is 0 Å². The summed E-state index contributed by atoms with van der Waals surface area (Å²) in [6.07, 6.45) is 10.8. The molecule has 1 aliphatic carbocycles. The number of benzene rings is 1. The fraction of sp³-hybridized carbons (Fsp3) is 0.684. The molecule has 0 atom stereocenters. The van der Waals surface area contributed by atoms with Gasteiger partial charge in [-0.05, 0) is 55.7 Å². The summed E-state index contributed by atoms with van der Waals surface area (Å²) in [6, 6.07) is 9.45. The Kier molecular flexibility index (Phi) is 7.83. The lowest BCUT2D eigenvalue weighted by atomic mass is 9.84. The zero-order valence-corrected chi connectivity index (χ0v) is 13.6. The quantitative estimate of drug-likeness (QED) is 0.685. The van der Waals surface area contributed by atoms with E-state index in [2.05, 4.69) is 29.6 Å². The van der Waals surface area contributed by atoms with Gasteiger partial charge in [0.15, 0.2) is 0 Å². The zero-order valence-electron chi connectivity index (χ0n) is 13.6. The second-order valence-electron chi connectivity index (χ2n) is 6.28. The van der Waals surface area contributed by atoms with Gasteiger partial charge >= 0.3 is 0 Å². The lowest BCUT2D eigenvalue weighted by Crippen LogP contribution is -2.20. The summed E-state index contributed by atoms with van der Waals surface area (Å²) in [4.78, 5) is 0. The first-order valence-corrected chi connectivity index (χ1v) is 8.68. The molecule has 2 rings (SSSR count). The molecule has 0 radical (unpaired) electrons. The average molecular weight is 289 g/mol. The Morgan fingerprint density at radius 1 is 1.00 bits per heavy atom. The van der Waals surface area contributed by atoms with Gasteiger partial charge in [0.05, 0.1) is 6.61 Å². The predicted octanol–water partition coefficient (Wildman–Crippen LogP) is 4.29. The van der Waals surface area contributed by atoms with Crippen LogP contribution in [0, 0.1) is 0 Å². The lowest BCUT2D eigenvalue weighted by Gasteiger charge is -2.22. The second kappa shape index (κ2) is 9.97. The Hall–Kier alpha value is -0.860. The van der Waals surface area contributed by atoms with Crippen molar-refractivity contribution in [2.45, 2.75) is 57.3 Å². The molecular weight excluding hydrogens is 258 g/mol. The second-order valence-corrected chi connectivity index (χ2v) is 6.28. The molecule has 0 spiro atoms. The number of nitrogens with one attached hydrogen (secondary N) is 1. The lowest BCUT2D eigenvalue weighted by molar-refractivity contribution is 0.199. The third-order valence-electron chi connectivity index (χ3n) is 4.61. The molecule has 2 nitrogen and oxygen atoms in total. The van der Waals surface area contributed by atoms with E-state index in [1.165, 1.54) is 56.9 Å². The monoisotopic (exact) mass is 289 g/mol. The standard InChI is InChI=1S/C19H31NO/c1-21-16-15-20-14-6-5-7-17-10-12-19(13-11-17)18-8-3-2-4-9-18/h10-13,18,20H,2-9,14-16H2,1H3. The van der Waals surface area contributed by atoms with Crippen LogP contribution < -0.4 is 5.32 Å². The van der Waals surface area contributed by atoms with E-state index in [4.69, 9.17) is 4.74 Å². The average Bonchev–Trinajstić information content (AvgIpc) is 2.55. The van der Waals surface area contributed by atoms with Crippen molar-refractivity contribution in [1.82, 2.24) is 5.32 Å². The number of methoxy groups -OCH3 is 1. The fourth-order valence-corrected chi connectivity index (χ4v) is 3.27. The van der Waals surface area contributed by atoms with E-state index in [0.717, 1.165) is 25.6 Å². The minimum absolute atomic E-state index is 0.808. The highest BCUT2D eigenvalue weighted by molar-refractivity contribution is 5.25. The highest BCUT2D eigenvalue weighted by atomic mass is 16.5. The smallest absolute Gasteiger partial charge is 0.0587 e. The Bertz CT molecular complexity index is 368. The van der Waals surface area contributed by atoms with Crippen molar-refractivity contribution in [3.05, 3.63) is 35.4 Å². The van der Waals surface area contributed by atoms with E-state index in [-0.39, 0.29) is 0 Å². The van der Waals surface area contributed by atoms with Crippen LogP contribution in [0.3, 0.4) is 0 Å². The molecule has 1 aliphatic rings. The van der Waals surface area contributed by atoms with Crippen molar-refractivity contribution in [1.29, 1.82) is 0 Å². The molecule has 1 N–H and O–H groups in total. The van der Waals surface area contributed by atoms with E-state index >= 15 is 0 Å². The van der Waals surface area contributed by atoms with Crippen LogP contribution >= 0.6 is 0 Å². The number of rotatable bonds is 9. The van der Waals surface area contributed by atoms with Crippen LogP contribution in [0.25, 0.3) is 0 Å². The molecule has 0 saturated heterocycles. The summed E-state index contributed by atoms with van der Waals surface area (Å²) < 4.78 is 5.02. The Morgan fingerprint density at radius 3 is 2.48 bits per heavy atom. The van der Waals surface area contributed by atoms with E-state index in [0.29, 0.717) is 0 Å². The first kappa shape index (κ1) is 16.5. The van der Waals surface area contributed by atoms with Crippen LogP contribution in [0.1, 0.15) is 62.0 Å². The number of hydrogen-bond acceptors (Lipinski definition) is 2. The van der Waals surface area contributed by atoms with Crippen molar-refractivity contribution in [3.8, 4) is 0 Å². The maximum absolute atomic E-state index is 5.02. The minimum Gasteiger partial charge on any atom is -0.383 e. The summed E-state index contributed by atoms with van der Waals surface area (Å²) in [6.45, 7) is 2.87. The zero-order chi connectivity index (χ0) is 14.8. The molecule has 0 unspecified atom stereocenters. The maximum Gasteiger partial charge on any atom is 0.0587 e. The molecule has 118 valence electrons. The molecule has 0 amide bonds. The molecule has 0 heterocycles. The molecule has 21 heavy (non-hydrogen) atoms. The molecule has 0 bridgehead atoms. The van der Waals surface area contributed by atoms with E-state index in [1.807, 2.05) is 0 Å². The molecule has 2 heteroatoms. The van der Waals surface area contributed by atoms with Gasteiger partial charge in [-0.2, -0.15) is 0 Å². The van der Waals surface area contributed by atoms with Gasteiger partial charge in [0, 0.05) is 13.7 Å². The molecule has 0 aliphatic heterocycles. The van der Waals surface area contributed by atoms with Crippen molar-refractivity contribution >= 4 is 0 Å². The van der Waals surface area contributed by atoms with Gasteiger partial charge in [-0.1, -0.05) is 43.5 Å². The summed E-state index contributed by atoms with van der Waals surface area (Å²) in [7, 11) is 1.75. The largest absolute Gasteiger partial charge is 0.383 e. The topological polar surface area (TPSA) is 21.3 Å². The van der Waals surface area contributed by atoms with Gasteiger partial charge in [-0.25, -0.2) is 0 Å². The van der Waals surface area contributed by atoms with Crippen molar-refractivity contribution in [2.24, 2.45) is 0 Å². The van der Waals surface area contributed by atoms with Crippen LogP contribution in [0.5, 0.6) is 0 Å². The Labute approximate surface area is 130 Å². The van der Waals surface area contributed by atoms with Crippen LogP contribution in [-0.2, 0) is 11.2 Å². The van der Waals surface area contributed by atoms with Gasteiger partial charge in [0.1, 0.15) is 0 Å². The summed E-state index contributed by atoms with van der Waals surface area (Å²) in [5, 5.41) is 3.40. The van der Waals surface area contributed by atoms with Crippen LogP contribution in [0.2, 0.25) is 0 Å². The van der Waals surface area contributed by atoms with Gasteiger partial charge in [0.2, 0.25) is 0 Å². The van der Waals surface area contributed by atoms with E-state index in [9.17, 15) is 0 Å². The first-order chi connectivity index (χ1) is 10.4. The Morgan fingerprint density at radius 2 is 1.76 bits per heavy atom. The summed E-state index contributed by atoms with van der Waals surface area (Å²) in [5.41, 5.74) is 3.06. The molecule has 1 saturated carbocycles. The molecule has 0 aromatic heterocycles. The normalized spacial score (nSPS) is 16.2. The van der Waals surface area contributed by atoms with Crippen molar-refractivity contribution in [3.63, 3.8) is 0 Å². The highest BCUT2D eigenvalue weighted by Gasteiger charge is 2.14. The summed E-state index contributed by atoms with van der Waals surface area (Å²) >= 11 is 0. The van der Waals surface area contributed by atoms with Gasteiger partial charge in [-0.3, -0.25) is 0 Å². The number of ether oxygens (including phenoxy) is 1. The van der Waals surface area contributed by atoms with Gasteiger partial charge in [0.25, 0.3) is 0 Å². The number of hydrogen-bond donors (Lipinski definition) is 1. The predicted molar refractivity (Wildman–Crippen MR) is 90.0 cm³/mol. The van der Waals surface area contributed by atoms with E-state index < -0.39 is 0 Å². The third-order valence-corrected chi connectivity index (χ3v) is 4.61. The number of aryl methyl sites for hydroxylation is 1. The molecule has 1 aromatic rings. The van der Waals surface area contributed by atoms with Crippen LogP contribution in [-0.4, -0.2) is 26.8 Å². The summed E-state index contributed by atoms with van der Waals surface area (Å²) in [5.74, 6) is 0.831. The third kappa shape index (κ3) is 6.19. The molecular formula is C19H31NO. The number of unbranched alkanes of at least 4 members (excludes halogenated alkanes) is 1. The first-order valence-electron chi connectivity index (χ1n) is 8.68. The minimum atomic E-state index is 0.808. The maximum atomic E-state index is 5.02. The van der Waals surface area contributed by atoms with E-state index in [1.54, 1.807) is 12.7 Å². The van der Waals surface area contributed by atoms with Crippen LogP contribution in [0.15, 0.2) is 24.3 Å². The SMILES string of the molecule is COCCNCCCCc1ccc(C2CCCCC2)cc1. The molecule has 1 fully saturated rings. The van der Waals surface area contributed by atoms with Gasteiger partial charge in [-0.15, -0.1) is 0 Å². The fourth-order valence-electron chi connectivity index (χ4n) is 3.27. The molecule has 1 aromatic carbocycles. The highest BCUT2D eigenvalue weighted by Crippen LogP contribution is 2.32. The Balaban J connectivity index is 1.63. The van der Waals surface area contributed by atoms with Crippen molar-refractivity contribution < 1.29 is 4.74 Å². The van der Waals surface area contributed by atoms with Crippen molar-refractivity contribution in [2.75, 3.05) is 26.8 Å².